The molecule has 1 aromatic heterocycles. The monoisotopic (exact) mass is 183 g/mol. The van der Waals surface area contributed by atoms with Crippen molar-refractivity contribution in [1.82, 2.24) is 5.16 Å². The lowest BCUT2D eigenvalue weighted by atomic mass is 10.2. The van der Waals surface area contributed by atoms with Crippen LogP contribution in [0.15, 0.2) is 16.8 Å². The van der Waals surface area contributed by atoms with Gasteiger partial charge in [0, 0.05) is 6.07 Å². The van der Waals surface area contributed by atoms with Crippen LogP contribution in [0.3, 0.4) is 0 Å². The molecule has 0 amide bonds. The molecule has 0 unspecified atom stereocenters. The average Bonchev–Trinajstić information content (AvgIpc) is 2.55. The standard InChI is InChI=1S/C8H9NO4/c1-2-12-8(11)5-6(10)7-3-4-9-13-7/h3-4H,2,5H2,1H3. The van der Waals surface area contributed by atoms with Crippen LogP contribution in [0.4, 0.5) is 0 Å². The largest absolute Gasteiger partial charge is 0.466 e. The molecule has 1 aromatic rings. The van der Waals surface area contributed by atoms with E-state index in [4.69, 9.17) is 0 Å². The fourth-order valence-electron chi connectivity index (χ4n) is 0.790. The van der Waals surface area contributed by atoms with E-state index in [9.17, 15) is 9.59 Å². The number of hydrogen-bond acceptors (Lipinski definition) is 5. The zero-order valence-electron chi connectivity index (χ0n) is 7.15. The summed E-state index contributed by atoms with van der Waals surface area (Å²) >= 11 is 0. The number of hydrogen-bond donors (Lipinski definition) is 0. The smallest absolute Gasteiger partial charge is 0.313 e. The molecular formula is C8H9NO4. The number of esters is 1. The molecule has 0 radical (unpaired) electrons. The van der Waals surface area contributed by atoms with Gasteiger partial charge >= 0.3 is 5.97 Å². The van der Waals surface area contributed by atoms with Gasteiger partial charge in [-0.2, -0.15) is 0 Å². The summed E-state index contributed by atoms with van der Waals surface area (Å²) < 4.78 is 9.16. The molecule has 0 saturated carbocycles. The molecule has 0 fully saturated rings. The Labute approximate surface area is 74.7 Å². The number of ketones is 1. The molecule has 70 valence electrons. The second-order valence-corrected chi connectivity index (χ2v) is 2.28. The number of ether oxygens (including phenoxy) is 1. The summed E-state index contributed by atoms with van der Waals surface area (Å²) in [6.45, 7) is 1.94. The molecular weight excluding hydrogens is 174 g/mol. The molecule has 5 nitrogen and oxygen atoms in total. The van der Waals surface area contributed by atoms with Gasteiger partial charge in [-0.15, -0.1) is 0 Å². The van der Waals surface area contributed by atoms with Crippen LogP contribution in [-0.2, 0) is 9.53 Å². The van der Waals surface area contributed by atoms with Crippen molar-refractivity contribution in [3.63, 3.8) is 0 Å². The summed E-state index contributed by atoms with van der Waals surface area (Å²) in [4.78, 5) is 22.0. The van der Waals surface area contributed by atoms with Gasteiger partial charge in [-0.25, -0.2) is 0 Å². The van der Waals surface area contributed by atoms with Crippen LogP contribution in [0.25, 0.3) is 0 Å². The SMILES string of the molecule is CCOC(=O)CC(=O)c1ccno1. The zero-order valence-corrected chi connectivity index (χ0v) is 7.15. The highest BCUT2D eigenvalue weighted by Gasteiger charge is 2.15. The van der Waals surface area contributed by atoms with Crippen LogP contribution >= 0.6 is 0 Å². The minimum absolute atomic E-state index is 0.0769. The Morgan fingerprint density at radius 2 is 2.38 bits per heavy atom. The van der Waals surface area contributed by atoms with E-state index in [1.807, 2.05) is 0 Å². The minimum Gasteiger partial charge on any atom is -0.466 e. The van der Waals surface area contributed by atoms with Crippen LogP contribution in [0.2, 0.25) is 0 Å². The highest BCUT2D eigenvalue weighted by Crippen LogP contribution is 2.02. The fraction of sp³-hybridized carbons (Fsp3) is 0.375. The average molecular weight is 183 g/mol. The highest BCUT2D eigenvalue weighted by molar-refractivity contribution is 6.04. The van der Waals surface area contributed by atoms with Crippen LogP contribution in [0.5, 0.6) is 0 Å². The summed E-state index contributed by atoms with van der Waals surface area (Å²) in [7, 11) is 0. The Morgan fingerprint density at radius 3 is 2.92 bits per heavy atom. The molecule has 0 aliphatic heterocycles. The van der Waals surface area contributed by atoms with Gasteiger partial charge < -0.3 is 9.26 Å². The van der Waals surface area contributed by atoms with Gasteiger partial charge in [0.05, 0.1) is 12.8 Å². The van der Waals surface area contributed by atoms with Crippen molar-refractivity contribution in [2.45, 2.75) is 13.3 Å². The maximum absolute atomic E-state index is 11.2. The van der Waals surface area contributed by atoms with E-state index in [1.165, 1.54) is 12.3 Å². The maximum Gasteiger partial charge on any atom is 0.313 e. The molecule has 0 aromatic carbocycles. The number of carbonyl (C=O) groups excluding carboxylic acids is 2. The van der Waals surface area contributed by atoms with E-state index < -0.39 is 11.8 Å². The third kappa shape index (κ3) is 2.70. The second-order valence-electron chi connectivity index (χ2n) is 2.28. The predicted molar refractivity (Wildman–Crippen MR) is 42.1 cm³/mol. The normalized spacial score (nSPS) is 9.62. The molecule has 0 N–H and O–H groups in total. The van der Waals surface area contributed by atoms with Gasteiger partial charge in [0.15, 0.2) is 0 Å². The quantitative estimate of drug-likeness (QED) is 0.392. The molecule has 5 heteroatoms. The van der Waals surface area contributed by atoms with Gasteiger partial charge in [0.2, 0.25) is 11.5 Å². The number of nitrogens with zero attached hydrogens (tertiary/aromatic N) is 1. The van der Waals surface area contributed by atoms with E-state index >= 15 is 0 Å². The van der Waals surface area contributed by atoms with E-state index in [2.05, 4.69) is 14.4 Å². The summed E-state index contributed by atoms with van der Waals surface area (Å²) in [6.07, 6.45) is 1.04. The van der Waals surface area contributed by atoms with Crippen molar-refractivity contribution < 1.29 is 18.8 Å². The molecule has 0 aliphatic rings. The summed E-state index contributed by atoms with van der Waals surface area (Å²) in [5.41, 5.74) is 0. The van der Waals surface area contributed by atoms with Crippen LogP contribution < -0.4 is 0 Å². The van der Waals surface area contributed by atoms with E-state index in [-0.39, 0.29) is 18.8 Å². The third-order valence-electron chi connectivity index (χ3n) is 1.32. The lowest BCUT2D eigenvalue weighted by Crippen LogP contribution is -2.10. The van der Waals surface area contributed by atoms with Crippen molar-refractivity contribution in [3.8, 4) is 0 Å². The van der Waals surface area contributed by atoms with Crippen molar-refractivity contribution >= 4 is 11.8 Å². The van der Waals surface area contributed by atoms with E-state index in [0.29, 0.717) is 0 Å². The summed E-state index contributed by atoms with van der Waals surface area (Å²) in [5.74, 6) is -0.895. The highest BCUT2D eigenvalue weighted by atomic mass is 16.5. The van der Waals surface area contributed by atoms with Crippen molar-refractivity contribution in [2.75, 3.05) is 6.61 Å². The van der Waals surface area contributed by atoms with Gasteiger partial charge in [-0.05, 0) is 6.92 Å². The van der Waals surface area contributed by atoms with Gasteiger partial charge in [0.1, 0.15) is 6.42 Å². The molecule has 0 spiro atoms. The van der Waals surface area contributed by atoms with Crippen molar-refractivity contribution in [3.05, 3.63) is 18.0 Å². The molecule has 0 atom stereocenters. The number of carbonyl (C=O) groups is 2. The van der Waals surface area contributed by atoms with Gasteiger partial charge in [-0.3, -0.25) is 9.59 Å². The first-order valence-corrected chi connectivity index (χ1v) is 3.83. The van der Waals surface area contributed by atoms with Gasteiger partial charge in [0.25, 0.3) is 0 Å². The first kappa shape index (κ1) is 9.44. The zero-order chi connectivity index (χ0) is 9.68. The Kier molecular flexibility index (Phi) is 3.19. The molecule has 1 rings (SSSR count). The number of aromatic nitrogens is 1. The Morgan fingerprint density at radius 1 is 1.62 bits per heavy atom. The molecule has 0 aliphatic carbocycles. The number of Topliss-reactive ketones (excluding diaryl/α,β-unsaturated/α-hetero) is 1. The first-order valence-electron chi connectivity index (χ1n) is 3.83. The predicted octanol–water partition coefficient (Wildman–Crippen LogP) is 0.810. The maximum atomic E-state index is 11.2. The topological polar surface area (TPSA) is 69.4 Å². The Balaban J connectivity index is 2.47. The molecule has 0 bridgehead atoms. The Bertz CT molecular complexity index is 291. The van der Waals surface area contributed by atoms with Crippen molar-refractivity contribution in [2.24, 2.45) is 0 Å². The van der Waals surface area contributed by atoms with E-state index in [1.54, 1.807) is 6.92 Å². The summed E-state index contributed by atoms with van der Waals surface area (Å²) in [6, 6.07) is 1.40. The Hall–Kier alpha value is -1.65. The van der Waals surface area contributed by atoms with Crippen LogP contribution in [0.1, 0.15) is 23.9 Å². The third-order valence-corrected chi connectivity index (χ3v) is 1.32. The first-order chi connectivity index (χ1) is 6.24. The number of rotatable bonds is 4. The van der Waals surface area contributed by atoms with Crippen LogP contribution in [-0.4, -0.2) is 23.5 Å². The van der Waals surface area contributed by atoms with Crippen molar-refractivity contribution in [1.29, 1.82) is 0 Å². The summed E-state index contributed by atoms with van der Waals surface area (Å²) in [5, 5.41) is 3.35. The van der Waals surface area contributed by atoms with Crippen LogP contribution in [0, 0.1) is 0 Å². The van der Waals surface area contributed by atoms with E-state index in [0.717, 1.165) is 0 Å². The fourth-order valence-corrected chi connectivity index (χ4v) is 0.790. The lowest BCUT2D eigenvalue weighted by molar-refractivity contribution is -0.142. The second kappa shape index (κ2) is 4.39. The molecule has 13 heavy (non-hydrogen) atoms. The van der Waals surface area contributed by atoms with Gasteiger partial charge in [-0.1, -0.05) is 5.16 Å². The lowest BCUT2D eigenvalue weighted by Gasteiger charge is -1.97. The molecule has 0 saturated heterocycles. The minimum atomic E-state index is -0.552. The molecule has 1 heterocycles.